The summed E-state index contributed by atoms with van der Waals surface area (Å²) in [5.41, 5.74) is 0.731. The molecule has 0 spiro atoms. The third-order valence-corrected chi connectivity index (χ3v) is 3.17. The third-order valence-electron chi connectivity index (χ3n) is 3.17. The Hall–Kier alpha value is -2.50. The molecule has 6 heteroatoms. The van der Waals surface area contributed by atoms with Gasteiger partial charge in [-0.1, -0.05) is 31.2 Å². The summed E-state index contributed by atoms with van der Waals surface area (Å²) in [4.78, 5) is 11.8. The first-order valence-corrected chi connectivity index (χ1v) is 7.08. The molecule has 122 valence electrons. The van der Waals surface area contributed by atoms with Gasteiger partial charge < -0.3 is 10.1 Å². The molecule has 0 saturated carbocycles. The monoisotopic (exact) mass is 323 g/mol. The fourth-order valence-corrected chi connectivity index (χ4v) is 2.04. The SMILES string of the molecule is CCc1cccc(NC(=O)COc2ccccc2C(F)(F)F)c1. The summed E-state index contributed by atoms with van der Waals surface area (Å²) in [6.07, 6.45) is -3.71. The number of nitrogens with one attached hydrogen (secondary N) is 1. The molecule has 2 aromatic carbocycles. The molecule has 0 heterocycles. The number of halogens is 3. The van der Waals surface area contributed by atoms with Crippen molar-refractivity contribution in [2.75, 3.05) is 11.9 Å². The van der Waals surface area contributed by atoms with Gasteiger partial charge in [0.1, 0.15) is 5.75 Å². The maximum Gasteiger partial charge on any atom is 0.419 e. The average Bonchev–Trinajstić information content (AvgIpc) is 2.52. The molecule has 0 aliphatic heterocycles. The second-order valence-electron chi connectivity index (χ2n) is 4.88. The quantitative estimate of drug-likeness (QED) is 0.891. The van der Waals surface area contributed by atoms with E-state index >= 15 is 0 Å². The van der Waals surface area contributed by atoms with Gasteiger partial charge >= 0.3 is 6.18 Å². The van der Waals surface area contributed by atoms with Crippen LogP contribution in [0.15, 0.2) is 48.5 Å². The Balaban J connectivity index is 2.00. The summed E-state index contributed by atoms with van der Waals surface area (Å²) in [5.74, 6) is -0.882. The number of hydrogen-bond donors (Lipinski definition) is 1. The van der Waals surface area contributed by atoms with Crippen molar-refractivity contribution in [3.63, 3.8) is 0 Å². The van der Waals surface area contributed by atoms with Crippen molar-refractivity contribution in [3.05, 3.63) is 59.7 Å². The van der Waals surface area contributed by atoms with Crippen LogP contribution in [0.3, 0.4) is 0 Å². The maximum absolute atomic E-state index is 12.8. The van der Waals surface area contributed by atoms with Crippen LogP contribution in [-0.4, -0.2) is 12.5 Å². The fraction of sp³-hybridized carbons (Fsp3) is 0.235. The number of carbonyl (C=O) groups excluding carboxylic acids is 1. The minimum atomic E-state index is -4.53. The molecule has 0 aromatic heterocycles. The second kappa shape index (κ2) is 7.17. The van der Waals surface area contributed by atoms with Gasteiger partial charge in [-0.15, -0.1) is 0 Å². The van der Waals surface area contributed by atoms with E-state index in [1.165, 1.54) is 18.2 Å². The summed E-state index contributed by atoms with van der Waals surface area (Å²) < 4.78 is 43.5. The van der Waals surface area contributed by atoms with Gasteiger partial charge in [-0.3, -0.25) is 4.79 Å². The first-order valence-electron chi connectivity index (χ1n) is 7.08. The van der Waals surface area contributed by atoms with E-state index in [9.17, 15) is 18.0 Å². The van der Waals surface area contributed by atoms with E-state index in [1.54, 1.807) is 12.1 Å². The molecule has 3 nitrogen and oxygen atoms in total. The molecule has 0 unspecified atom stereocenters. The summed E-state index contributed by atoms with van der Waals surface area (Å²) >= 11 is 0. The van der Waals surface area contributed by atoms with Crippen LogP contribution in [0.5, 0.6) is 5.75 Å². The molecular formula is C17H16F3NO2. The van der Waals surface area contributed by atoms with Crippen LogP contribution in [0.4, 0.5) is 18.9 Å². The van der Waals surface area contributed by atoms with Crippen LogP contribution in [0, 0.1) is 0 Å². The number of aryl methyl sites for hydroxylation is 1. The number of anilines is 1. The van der Waals surface area contributed by atoms with Crippen molar-refractivity contribution in [2.45, 2.75) is 19.5 Å². The van der Waals surface area contributed by atoms with Crippen LogP contribution in [-0.2, 0) is 17.4 Å². The highest BCUT2D eigenvalue weighted by Crippen LogP contribution is 2.35. The summed E-state index contributed by atoms with van der Waals surface area (Å²) in [6.45, 7) is 1.49. The zero-order valence-electron chi connectivity index (χ0n) is 12.5. The highest BCUT2D eigenvalue weighted by Gasteiger charge is 2.34. The number of rotatable bonds is 5. The zero-order valence-corrected chi connectivity index (χ0v) is 12.5. The molecule has 0 radical (unpaired) electrons. The van der Waals surface area contributed by atoms with E-state index in [-0.39, 0.29) is 5.75 Å². The predicted octanol–water partition coefficient (Wildman–Crippen LogP) is 4.29. The van der Waals surface area contributed by atoms with Gasteiger partial charge in [-0.05, 0) is 36.2 Å². The molecule has 0 fully saturated rings. The van der Waals surface area contributed by atoms with Crippen molar-refractivity contribution in [1.29, 1.82) is 0 Å². The molecule has 2 rings (SSSR count). The van der Waals surface area contributed by atoms with Gasteiger partial charge in [0.25, 0.3) is 5.91 Å². The molecule has 1 amide bonds. The number of para-hydroxylation sites is 1. The van der Waals surface area contributed by atoms with Crippen LogP contribution in [0.2, 0.25) is 0 Å². The Kier molecular flexibility index (Phi) is 5.26. The van der Waals surface area contributed by atoms with Crippen molar-refractivity contribution in [2.24, 2.45) is 0 Å². The molecule has 0 atom stereocenters. The normalized spacial score (nSPS) is 11.1. The fourth-order valence-electron chi connectivity index (χ4n) is 2.04. The number of carbonyl (C=O) groups is 1. The summed E-state index contributed by atoms with van der Waals surface area (Å²) in [7, 11) is 0. The second-order valence-corrected chi connectivity index (χ2v) is 4.88. The lowest BCUT2D eigenvalue weighted by molar-refractivity contribution is -0.139. The van der Waals surface area contributed by atoms with Gasteiger partial charge in [0, 0.05) is 5.69 Å². The van der Waals surface area contributed by atoms with Crippen molar-refractivity contribution in [3.8, 4) is 5.75 Å². The van der Waals surface area contributed by atoms with Crippen LogP contribution < -0.4 is 10.1 Å². The Labute approximate surface area is 132 Å². The summed E-state index contributed by atoms with van der Waals surface area (Å²) in [6, 6.07) is 12.0. The molecule has 0 saturated heterocycles. The first kappa shape index (κ1) is 16.9. The molecule has 2 aromatic rings. The average molecular weight is 323 g/mol. The maximum atomic E-state index is 12.8. The lowest BCUT2D eigenvalue weighted by Gasteiger charge is -2.13. The van der Waals surface area contributed by atoms with Crippen molar-refractivity contribution in [1.82, 2.24) is 0 Å². The van der Waals surface area contributed by atoms with E-state index in [0.717, 1.165) is 18.1 Å². The standard InChI is InChI=1S/C17H16F3NO2/c1-2-12-6-5-7-13(10-12)21-16(22)11-23-15-9-4-3-8-14(15)17(18,19)20/h3-10H,2,11H2,1H3,(H,21,22). The largest absolute Gasteiger partial charge is 0.483 e. The number of hydrogen-bond acceptors (Lipinski definition) is 2. The summed E-state index contributed by atoms with van der Waals surface area (Å²) in [5, 5.41) is 2.60. The van der Waals surface area contributed by atoms with Crippen LogP contribution in [0.25, 0.3) is 0 Å². The van der Waals surface area contributed by atoms with Gasteiger partial charge in [0.15, 0.2) is 6.61 Å². The number of ether oxygens (including phenoxy) is 1. The topological polar surface area (TPSA) is 38.3 Å². The Morgan fingerprint density at radius 3 is 2.57 bits per heavy atom. The van der Waals surface area contributed by atoms with E-state index in [1.807, 2.05) is 19.1 Å². The van der Waals surface area contributed by atoms with E-state index in [0.29, 0.717) is 5.69 Å². The Morgan fingerprint density at radius 1 is 1.13 bits per heavy atom. The number of amides is 1. The minimum Gasteiger partial charge on any atom is -0.483 e. The van der Waals surface area contributed by atoms with Gasteiger partial charge in [-0.2, -0.15) is 13.2 Å². The zero-order chi connectivity index (χ0) is 16.9. The molecule has 0 bridgehead atoms. The number of benzene rings is 2. The number of alkyl halides is 3. The van der Waals surface area contributed by atoms with E-state index < -0.39 is 24.3 Å². The third kappa shape index (κ3) is 4.74. The highest BCUT2D eigenvalue weighted by molar-refractivity contribution is 5.91. The van der Waals surface area contributed by atoms with Gasteiger partial charge in [0.2, 0.25) is 0 Å². The van der Waals surface area contributed by atoms with Crippen molar-refractivity contribution >= 4 is 11.6 Å². The van der Waals surface area contributed by atoms with Crippen LogP contribution in [0.1, 0.15) is 18.1 Å². The van der Waals surface area contributed by atoms with Crippen molar-refractivity contribution < 1.29 is 22.7 Å². The first-order chi connectivity index (χ1) is 10.9. The highest BCUT2D eigenvalue weighted by atomic mass is 19.4. The molecule has 0 aliphatic rings. The van der Waals surface area contributed by atoms with Gasteiger partial charge in [-0.25, -0.2) is 0 Å². The lowest BCUT2D eigenvalue weighted by atomic mass is 10.1. The van der Waals surface area contributed by atoms with E-state index in [2.05, 4.69) is 5.32 Å². The molecular weight excluding hydrogens is 307 g/mol. The Bertz CT molecular complexity index is 684. The minimum absolute atomic E-state index is 0.363. The van der Waals surface area contributed by atoms with E-state index in [4.69, 9.17) is 4.74 Å². The van der Waals surface area contributed by atoms with Crippen LogP contribution >= 0.6 is 0 Å². The molecule has 23 heavy (non-hydrogen) atoms. The Morgan fingerprint density at radius 2 is 1.87 bits per heavy atom. The van der Waals surface area contributed by atoms with Gasteiger partial charge in [0.05, 0.1) is 5.56 Å². The lowest BCUT2D eigenvalue weighted by Crippen LogP contribution is -2.21. The molecule has 1 N–H and O–H groups in total. The predicted molar refractivity (Wildman–Crippen MR) is 81.4 cm³/mol. The smallest absolute Gasteiger partial charge is 0.419 e. The molecule has 0 aliphatic carbocycles.